The maximum atomic E-state index is 9.08. The predicted octanol–water partition coefficient (Wildman–Crippen LogP) is 3.53. The minimum absolute atomic E-state index is 0.604. The third kappa shape index (κ3) is 13.3. The summed E-state index contributed by atoms with van der Waals surface area (Å²) >= 11 is 0. The number of quaternary nitrogens is 1. The molecule has 1 heterocycles. The SMILES string of the molecule is CCCCCCCC[N+]1(CCC)CCCC1.CS(=O)(=O)[O-]. The second kappa shape index (κ2) is 11.4. The van der Waals surface area contributed by atoms with E-state index < -0.39 is 10.1 Å². The van der Waals surface area contributed by atoms with E-state index in [1.807, 2.05) is 0 Å². The Bertz CT molecular complexity index is 327. The van der Waals surface area contributed by atoms with Gasteiger partial charge in [0, 0.05) is 19.1 Å². The van der Waals surface area contributed by atoms with Gasteiger partial charge in [0.05, 0.1) is 36.3 Å². The highest BCUT2D eigenvalue weighted by molar-refractivity contribution is 7.84. The third-order valence-electron chi connectivity index (χ3n) is 4.20. The summed E-state index contributed by atoms with van der Waals surface area (Å²) in [6.45, 7) is 10.5. The topological polar surface area (TPSA) is 57.2 Å². The summed E-state index contributed by atoms with van der Waals surface area (Å²) < 4.78 is 28.7. The molecule has 0 N–H and O–H groups in total. The summed E-state index contributed by atoms with van der Waals surface area (Å²) in [4.78, 5) is 0. The number of nitrogens with zero attached hydrogens (tertiary/aromatic N) is 1. The molecular formula is C16H35NO3S. The van der Waals surface area contributed by atoms with Crippen LogP contribution in [0.15, 0.2) is 0 Å². The molecule has 0 aromatic carbocycles. The molecule has 0 radical (unpaired) electrons. The van der Waals surface area contributed by atoms with Crippen LogP contribution in [0.2, 0.25) is 0 Å². The van der Waals surface area contributed by atoms with Gasteiger partial charge in [-0.15, -0.1) is 0 Å². The van der Waals surface area contributed by atoms with E-state index in [4.69, 9.17) is 13.0 Å². The number of unbranched alkanes of at least 4 members (excludes halogenated alkanes) is 5. The molecule has 0 spiro atoms. The normalized spacial score (nSPS) is 17.3. The minimum Gasteiger partial charge on any atom is -0.748 e. The third-order valence-corrected chi connectivity index (χ3v) is 4.20. The van der Waals surface area contributed by atoms with Crippen LogP contribution >= 0.6 is 0 Å². The number of rotatable bonds is 9. The summed E-state index contributed by atoms with van der Waals surface area (Å²) in [5, 5.41) is 0. The summed E-state index contributed by atoms with van der Waals surface area (Å²) in [5.41, 5.74) is 0. The van der Waals surface area contributed by atoms with Gasteiger partial charge in [0.2, 0.25) is 0 Å². The highest BCUT2D eigenvalue weighted by Gasteiger charge is 2.29. The van der Waals surface area contributed by atoms with Gasteiger partial charge < -0.3 is 9.04 Å². The summed E-state index contributed by atoms with van der Waals surface area (Å²) in [5.74, 6) is 0. The Morgan fingerprint density at radius 3 is 1.81 bits per heavy atom. The lowest BCUT2D eigenvalue weighted by Gasteiger charge is -2.34. The molecular weight excluding hydrogens is 286 g/mol. The van der Waals surface area contributed by atoms with Crippen LogP contribution in [0.1, 0.15) is 71.6 Å². The molecule has 4 nitrogen and oxygen atoms in total. The van der Waals surface area contributed by atoms with E-state index in [1.54, 1.807) is 0 Å². The van der Waals surface area contributed by atoms with Gasteiger partial charge in [-0.1, -0.05) is 39.5 Å². The van der Waals surface area contributed by atoms with E-state index in [1.165, 1.54) is 88.4 Å². The fraction of sp³-hybridized carbons (Fsp3) is 1.00. The summed E-state index contributed by atoms with van der Waals surface area (Å²) in [6, 6.07) is 0. The van der Waals surface area contributed by atoms with Crippen molar-refractivity contribution in [2.24, 2.45) is 0 Å². The lowest BCUT2D eigenvalue weighted by molar-refractivity contribution is -0.917. The van der Waals surface area contributed by atoms with Gasteiger partial charge in [-0.05, 0) is 19.3 Å². The molecule has 0 atom stereocenters. The van der Waals surface area contributed by atoms with Crippen molar-refractivity contribution in [3.05, 3.63) is 0 Å². The minimum atomic E-state index is -3.92. The molecule has 1 aliphatic heterocycles. The van der Waals surface area contributed by atoms with Crippen LogP contribution in [-0.4, -0.2) is 49.9 Å². The zero-order valence-corrected chi connectivity index (χ0v) is 15.1. The first kappa shape index (κ1) is 20.9. The Hall–Kier alpha value is -0.130. The molecule has 0 saturated carbocycles. The Morgan fingerprint density at radius 2 is 1.33 bits per heavy atom. The van der Waals surface area contributed by atoms with Crippen LogP contribution in [-0.2, 0) is 10.1 Å². The van der Waals surface area contributed by atoms with Crippen molar-refractivity contribution < 1.29 is 17.5 Å². The van der Waals surface area contributed by atoms with E-state index in [-0.39, 0.29) is 0 Å². The van der Waals surface area contributed by atoms with E-state index in [0.717, 1.165) is 0 Å². The number of hydrogen-bond donors (Lipinski definition) is 0. The molecule has 0 amide bonds. The van der Waals surface area contributed by atoms with Crippen molar-refractivity contribution in [3.8, 4) is 0 Å². The molecule has 0 bridgehead atoms. The van der Waals surface area contributed by atoms with Gasteiger partial charge in [-0.25, -0.2) is 8.42 Å². The molecule has 0 aliphatic carbocycles. The van der Waals surface area contributed by atoms with Crippen LogP contribution < -0.4 is 0 Å². The van der Waals surface area contributed by atoms with Gasteiger partial charge in [0.1, 0.15) is 0 Å². The zero-order valence-electron chi connectivity index (χ0n) is 14.3. The molecule has 1 aliphatic rings. The van der Waals surface area contributed by atoms with Gasteiger partial charge in [0.25, 0.3) is 0 Å². The lowest BCUT2D eigenvalue weighted by Crippen LogP contribution is -2.46. The lowest BCUT2D eigenvalue weighted by atomic mass is 10.1. The molecule has 0 aromatic rings. The van der Waals surface area contributed by atoms with E-state index in [2.05, 4.69) is 13.8 Å². The largest absolute Gasteiger partial charge is 0.748 e. The molecule has 0 unspecified atom stereocenters. The first-order valence-corrected chi connectivity index (χ1v) is 10.4. The van der Waals surface area contributed by atoms with Gasteiger partial charge >= 0.3 is 0 Å². The van der Waals surface area contributed by atoms with E-state index in [0.29, 0.717) is 6.26 Å². The van der Waals surface area contributed by atoms with Crippen LogP contribution in [0.5, 0.6) is 0 Å². The molecule has 128 valence electrons. The fourth-order valence-electron chi connectivity index (χ4n) is 3.27. The quantitative estimate of drug-likeness (QED) is 0.371. The molecule has 1 rings (SSSR count). The van der Waals surface area contributed by atoms with Crippen LogP contribution in [0.25, 0.3) is 0 Å². The molecule has 1 fully saturated rings. The van der Waals surface area contributed by atoms with Crippen molar-refractivity contribution >= 4 is 10.1 Å². The second-order valence-corrected chi connectivity index (χ2v) is 7.82. The average molecular weight is 322 g/mol. The Labute approximate surface area is 132 Å². The van der Waals surface area contributed by atoms with Gasteiger partial charge in [-0.2, -0.15) is 0 Å². The summed E-state index contributed by atoms with van der Waals surface area (Å²) in [6.07, 6.45) is 13.6. The monoisotopic (exact) mass is 321 g/mol. The van der Waals surface area contributed by atoms with Gasteiger partial charge in [-0.3, -0.25) is 0 Å². The first-order chi connectivity index (χ1) is 9.83. The molecule has 1 saturated heterocycles. The average Bonchev–Trinajstić information content (AvgIpc) is 2.81. The van der Waals surface area contributed by atoms with Crippen LogP contribution in [0.3, 0.4) is 0 Å². The Kier molecular flexibility index (Phi) is 11.4. The van der Waals surface area contributed by atoms with Crippen LogP contribution in [0.4, 0.5) is 0 Å². The highest BCUT2D eigenvalue weighted by Crippen LogP contribution is 2.21. The Balaban J connectivity index is 0.000000690. The zero-order chi connectivity index (χ0) is 16.2. The standard InChI is InChI=1S/C15H32N.CH4O3S/c1-3-5-6-7-8-9-13-16(12-4-2)14-10-11-15-16;1-5(2,3)4/h3-15H2,1-2H3;1H3,(H,2,3,4)/q+1;/p-1. The second-order valence-electron chi connectivity index (χ2n) is 6.42. The van der Waals surface area contributed by atoms with Crippen molar-refractivity contribution in [1.29, 1.82) is 0 Å². The summed E-state index contributed by atoms with van der Waals surface area (Å²) in [7, 11) is -3.92. The maximum absolute atomic E-state index is 9.08. The van der Waals surface area contributed by atoms with Gasteiger partial charge in [0.15, 0.2) is 0 Å². The van der Waals surface area contributed by atoms with E-state index >= 15 is 0 Å². The molecule has 5 heteroatoms. The smallest absolute Gasteiger partial charge is 0.0916 e. The van der Waals surface area contributed by atoms with Crippen molar-refractivity contribution in [3.63, 3.8) is 0 Å². The predicted molar refractivity (Wildman–Crippen MR) is 88.3 cm³/mol. The molecule has 21 heavy (non-hydrogen) atoms. The van der Waals surface area contributed by atoms with Crippen molar-refractivity contribution in [1.82, 2.24) is 0 Å². The number of hydrogen-bond acceptors (Lipinski definition) is 3. The van der Waals surface area contributed by atoms with Crippen molar-refractivity contribution in [2.45, 2.75) is 71.6 Å². The maximum Gasteiger partial charge on any atom is 0.0916 e. The Morgan fingerprint density at radius 1 is 0.857 bits per heavy atom. The van der Waals surface area contributed by atoms with Crippen molar-refractivity contribution in [2.75, 3.05) is 32.4 Å². The fourth-order valence-corrected chi connectivity index (χ4v) is 3.27. The highest BCUT2D eigenvalue weighted by atomic mass is 32.2. The van der Waals surface area contributed by atoms with Crippen LogP contribution in [0, 0.1) is 0 Å². The first-order valence-electron chi connectivity index (χ1n) is 8.59. The number of likely N-dealkylation sites (tertiary alicyclic amines) is 1. The van der Waals surface area contributed by atoms with E-state index in [9.17, 15) is 0 Å². The molecule has 0 aromatic heterocycles.